The van der Waals surface area contributed by atoms with Crippen LogP contribution in [0.1, 0.15) is 35.7 Å². The van der Waals surface area contributed by atoms with E-state index in [0.717, 1.165) is 4.90 Å². The maximum atomic E-state index is 12.9. The maximum Gasteiger partial charge on any atom is 0.373 e. The number of imide groups is 1. The number of amides is 3. The second kappa shape index (κ2) is 11.6. The maximum absolute atomic E-state index is 12.9. The number of carbonyl (C=O) groups excluding carboxylic acids is 4. The Balaban J connectivity index is 1.86. The van der Waals surface area contributed by atoms with Crippen molar-refractivity contribution < 1.29 is 42.5 Å². The average molecular weight is 630 g/mol. The Hall–Kier alpha value is -3.32. The van der Waals surface area contributed by atoms with E-state index in [1.165, 1.54) is 32.4 Å². The summed E-state index contributed by atoms with van der Waals surface area (Å²) in [6, 6.07) is 3.78. The van der Waals surface area contributed by atoms with Gasteiger partial charge in [0.2, 0.25) is 5.76 Å². The van der Waals surface area contributed by atoms with E-state index >= 15 is 0 Å². The monoisotopic (exact) mass is 628 g/mol. The van der Waals surface area contributed by atoms with Gasteiger partial charge < -0.3 is 28.7 Å². The van der Waals surface area contributed by atoms with Gasteiger partial charge in [-0.1, -0.05) is 0 Å². The van der Waals surface area contributed by atoms with Crippen LogP contribution in [0.5, 0.6) is 11.5 Å². The molecule has 1 aromatic carbocycles. The van der Waals surface area contributed by atoms with Crippen molar-refractivity contribution >= 4 is 61.8 Å². The van der Waals surface area contributed by atoms with Crippen LogP contribution in [0.25, 0.3) is 6.08 Å². The molecule has 36 heavy (non-hydrogen) atoms. The highest BCUT2D eigenvalue weighted by Crippen LogP contribution is 2.44. The molecule has 0 saturated carbocycles. The van der Waals surface area contributed by atoms with E-state index in [2.05, 4.69) is 41.9 Å². The largest absolute Gasteiger partial charge is 0.493 e. The number of hydrogen-bond acceptors (Lipinski definition) is 9. The average Bonchev–Trinajstić information content (AvgIpc) is 3.43. The molecule has 0 unspecified atom stereocenters. The van der Waals surface area contributed by atoms with Gasteiger partial charge in [0.25, 0.3) is 5.91 Å². The van der Waals surface area contributed by atoms with Crippen LogP contribution < -0.4 is 14.8 Å². The van der Waals surface area contributed by atoms with Gasteiger partial charge >= 0.3 is 18.0 Å². The molecule has 13 heteroatoms. The smallest absolute Gasteiger partial charge is 0.373 e. The summed E-state index contributed by atoms with van der Waals surface area (Å²) in [6.07, 6.45) is 0.551. The molecule has 1 aromatic heterocycles. The third-order valence-electron chi connectivity index (χ3n) is 4.91. The number of esters is 2. The Morgan fingerprint density at radius 3 is 2.56 bits per heavy atom. The lowest BCUT2D eigenvalue weighted by Gasteiger charge is -2.19. The Labute approximate surface area is 222 Å². The second-order valence-corrected chi connectivity index (χ2v) is 8.86. The second-order valence-electron chi connectivity index (χ2n) is 7.27. The van der Waals surface area contributed by atoms with Crippen molar-refractivity contribution in [3.8, 4) is 11.5 Å². The van der Waals surface area contributed by atoms with Gasteiger partial charge in [-0.05, 0) is 75.5 Å². The number of carbonyl (C=O) groups is 4. The van der Waals surface area contributed by atoms with E-state index in [4.69, 9.17) is 18.6 Å². The number of halogens is 2. The third kappa shape index (κ3) is 5.73. The molecule has 0 spiro atoms. The minimum absolute atomic E-state index is 0.00274. The SMILES string of the molecule is CCOC(=O)[C@@H](C)Oc1c(OC)cc(/C=C2\NC(=O)N(Cc3ccc(C(=O)OC)o3)C2=O)c(Br)c1Br. The molecule has 192 valence electrons. The van der Waals surface area contributed by atoms with Crippen molar-refractivity contribution in [2.75, 3.05) is 20.8 Å². The van der Waals surface area contributed by atoms with Gasteiger partial charge in [0.15, 0.2) is 17.6 Å². The zero-order valence-corrected chi connectivity index (χ0v) is 22.9. The summed E-state index contributed by atoms with van der Waals surface area (Å²) in [5, 5.41) is 2.52. The van der Waals surface area contributed by atoms with Crippen molar-refractivity contribution in [3.05, 3.63) is 49.9 Å². The molecular formula is C23H22Br2N2O9. The summed E-state index contributed by atoms with van der Waals surface area (Å²) >= 11 is 6.87. The molecule has 11 nitrogen and oxygen atoms in total. The van der Waals surface area contributed by atoms with E-state index in [-0.39, 0.29) is 41.9 Å². The Bertz CT molecular complexity index is 1240. The Kier molecular flexibility index (Phi) is 8.79. The molecule has 2 heterocycles. The molecule has 1 aliphatic heterocycles. The van der Waals surface area contributed by atoms with E-state index in [1.54, 1.807) is 19.9 Å². The van der Waals surface area contributed by atoms with Gasteiger partial charge in [-0.25, -0.2) is 14.4 Å². The van der Waals surface area contributed by atoms with E-state index in [1.807, 2.05) is 0 Å². The fraction of sp³-hybridized carbons (Fsp3) is 0.304. The van der Waals surface area contributed by atoms with Gasteiger partial charge in [-0.15, -0.1) is 0 Å². The molecule has 3 rings (SSSR count). The minimum Gasteiger partial charge on any atom is -0.493 e. The van der Waals surface area contributed by atoms with Crippen molar-refractivity contribution in [2.24, 2.45) is 0 Å². The predicted molar refractivity (Wildman–Crippen MR) is 132 cm³/mol. The lowest BCUT2D eigenvalue weighted by atomic mass is 10.1. The predicted octanol–water partition coefficient (Wildman–Crippen LogP) is 4.02. The number of rotatable bonds is 9. The summed E-state index contributed by atoms with van der Waals surface area (Å²) in [7, 11) is 2.63. The highest BCUT2D eigenvalue weighted by molar-refractivity contribution is 9.13. The topological polar surface area (TPSA) is 134 Å². The van der Waals surface area contributed by atoms with Crippen LogP contribution in [0.2, 0.25) is 0 Å². The van der Waals surface area contributed by atoms with Crippen molar-refractivity contribution in [3.63, 3.8) is 0 Å². The number of nitrogens with zero attached hydrogens (tertiary/aromatic N) is 1. The molecule has 0 bridgehead atoms. The molecule has 0 aliphatic carbocycles. The van der Waals surface area contributed by atoms with Crippen LogP contribution in [0.3, 0.4) is 0 Å². The quantitative estimate of drug-likeness (QED) is 0.248. The van der Waals surface area contributed by atoms with Crippen LogP contribution in [0.15, 0.2) is 37.3 Å². The lowest BCUT2D eigenvalue weighted by molar-refractivity contribution is -0.150. The van der Waals surface area contributed by atoms with Gasteiger partial charge in [0.05, 0.1) is 31.8 Å². The number of nitrogens with one attached hydrogen (secondary N) is 1. The van der Waals surface area contributed by atoms with Crippen molar-refractivity contribution in [1.82, 2.24) is 10.2 Å². The van der Waals surface area contributed by atoms with Crippen LogP contribution in [-0.4, -0.2) is 55.7 Å². The number of benzene rings is 1. The highest BCUT2D eigenvalue weighted by atomic mass is 79.9. The molecule has 1 saturated heterocycles. The Morgan fingerprint density at radius 1 is 1.19 bits per heavy atom. The van der Waals surface area contributed by atoms with E-state index in [9.17, 15) is 19.2 Å². The van der Waals surface area contributed by atoms with Crippen LogP contribution in [0, 0.1) is 0 Å². The molecule has 3 amide bonds. The molecule has 1 aliphatic rings. The number of methoxy groups -OCH3 is 2. The zero-order valence-electron chi connectivity index (χ0n) is 19.7. The number of ether oxygens (including phenoxy) is 4. The minimum atomic E-state index is -0.906. The van der Waals surface area contributed by atoms with E-state index < -0.39 is 30.0 Å². The fourth-order valence-electron chi connectivity index (χ4n) is 3.16. The first-order valence-corrected chi connectivity index (χ1v) is 12.1. The first kappa shape index (κ1) is 27.3. The van der Waals surface area contributed by atoms with Gasteiger partial charge in [0, 0.05) is 4.47 Å². The van der Waals surface area contributed by atoms with Gasteiger partial charge in [0.1, 0.15) is 11.5 Å². The summed E-state index contributed by atoms with van der Waals surface area (Å²) < 4.78 is 27.0. The molecule has 2 aromatic rings. The van der Waals surface area contributed by atoms with Crippen LogP contribution in [0.4, 0.5) is 4.79 Å². The number of hydrogen-bond donors (Lipinski definition) is 1. The van der Waals surface area contributed by atoms with Crippen molar-refractivity contribution in [1.29, 1.82) is 0 Å². The lowest BCUT2D eigenvalue weighted by Crippen LogP contribution is -2.30. The molecule has 1 N–H and O–H groups in total. The van der Waals surface area contributed by atoms with Gasteiger partial charge in [-0.3, -0.25) is 9.69 Å². The molecule has 0 radical (unpaired) electrons. The first-order chi connectivity index (χ1) is 17.1. The fourth-order valence-corrected chi connectivity index (χ4v) is 4.08. The number of urea groups is 1. The molecule has 1 fully saturated rings. The first-order valence-electron chi connectivity index (χ1n) is 10.5. The summed E-state index contributed by atoms with van der Waals surface area (Å²) in [4.78, 5) is 49.9. The summed E-state index contributed by atoms with van der Waals surface area (Å²) in [6.45, 7) is 3.26. The summed E-state index contributed by atoms with van der Waals surface area (Å²) in [5.74, 6) is -1.12. The Morgan fingerprint density at radius 2 is 1.92 bits per heavy atom. The van der Waals surface area contributed by atoms with E-state index in [0.29, 0.717) is 14.5 Å². The third-order valence-corrected chi connectivity index (χ3v) is 7.06. The highest BCUT2D eigenvalue weighted by Gasteiger charge is 2.35. The molecule has 1 atom stereocenters. The normalized spacial score (nSPS) is 15.1. The van der Waals surface area contributed by atoms with Gasteiger partial charge in [-0.2, -0.15) is 0 Å². The zero-order chi connectivity index (χ0) is 26.6. The van der Waals surface area contributed by atoms with Crippen LogP contribution >= 0.6 is 31.9 Å². The van der Waals surface area contributed by atoms with Crippen LogP contribution in [-0.2, 0) is 25.6 Å². The standard InChI is InChI=1S/C23H22Br2N2O9/c1-5-34-21(29)11(2)35-19-16(32-3)9-12(17(24)18(19)25)8-14-20(28)27(23(31)26-14)10-13-6-7-15(36-13)22(30)33-4/h6-9,11H,5,10H2,1-4H3,(H,26,31)/b14-8-/t11-/m1/s1. The molecular weight excluding hydrogens is 608 g/mol. The number of furan rings is 1. The van der Waals surface area contributed by atoms with Crippen molar-refractivity contribution in [2.45, 2.75) is 26.5 Å². The summed E-state index contributed by atoms with van der Waals surface area (Å²) in [5.41, 5.74) is 0.481.